The van der Waals surface area contributed by atoms with Crippen molar-refractivity contribution in [2.75, 3.05) is 6.54 Å². The molecule has 0 spiro atoms. The lowest BCUT2D eigenvalue weighted by atomic mass is 10.2. The van der Waals surface area contributed by atoms with E-state index in [0.29, 0.717) is 0 Å². The Bertz CT molecular complexity index is 491. The summed E-state index contributed by atoms with van der Waals surface area (Å²) in [7, 11) is 0. The molecular formula is C12H17N5. The fourth-order valence-electron chi connectivity index (χ4n) is 1.81. The van der Waals surface area contributed by atoms with Crippen LogP contribution in [0.5, 0.6) is 0 Å². The van der Waals surface area contributed by atoms with E-state index in [-0.39, 0.29) is 6.04 Å². The van der Waals surface area contributed by atoms with Gasteiger partial charge in [0.2, 0.25) is 0 Å². The SMILES string of the molecule is CCNC(C)c1nnnn1-c1cccc(C)c1. The van der Waals surface area contributed by atoms with E-state index in [4.69, 9.17) is 0 Å². The smallest absolute Gasteiger partial charge is 0.173 e. The lowest BCUT2D eigenvalue weighted by Crippen LogP contribution is -2.21. The van der Waals surface area contributed by atoms with Gasteiger partial charge in [-0.2, -0.15) is 4.68 Å². The first-order valence-electron chi connectivity index (χ1n) is 5.81. The highest BCUT2D eigenvalue weighted by atomic mass is 15.5. The van der Waals surface area contributed by atoms with E-state index >= 15 is 0 Å². The first-order chi connectivity index (χ1) is 8.22. The highest BCUT2D eigenvalue weighted by Crippen LogP contribution is 2.14. The zero-order valence-corrected chi connectivity index (χ0v) is 10.4. The van der Waals surface area contributed by atoms with E-state index in [1.807, 2.05) is 12.1 Å². The zero-order valence-electron chi connectivity index (χ0n) is 10.4. The summed E-state index contributed by atoms with van der Waals surface area (Å²) in [6, 6.07) is 8.27. The fraction of sp³-hybridized carbons (Fsp3) is 0.417. The largest absolute Gasteiger partial charge is 0.308 e. The van der Waals surface area contributed by atoms with Crippen molar-refractivity contribution in [2.45, 2.75) is 26.8 Å². The number of aromatic nitrogens is 4. The van der Waals surface area contributed by atoms with Crippen molar-refractivity contribution in [1.82, 2.24) is 25.5 Å². The van der Waals surface area contributed by atoms with Gasteiger partial charge in [-0.25, -0.2) is 0 Å². The molecule has 0 saturated heterocycles. The number of tetrazole rings is 1. The monoisotopic (exact) mass is 231 g/mol. The van der Waals surface area contributed by atoms with Crippen molar-refractivity contribution in [3.05, 3.63) is 35.7 Å². The second kappa shape index (κ2) is 5.05. The maximum absolute atomic E-state index is 4.08. The van der Waals surface area contributed by atoms with Gasteiger partial charge in [0.1, 0.15) is 0 Å². The van der Waals surface area contributed by atoms with Crippen molar-refractivity contribution >= 4 is 0 Å². The van der Waals surface area contributed by atoms with Crippen LogP contribution in [0.15, 0.2) is 24.3 Å². The van der Waals surface area contributed by atoms with Gasteiger partial charge >= 0.3 is 0 Å². The third-order valence-corrected chi connectivity index (χ3v) is 2.64. The first kappa shape index (κ1) is 11.7. The van der Waals surface area contributed by atoms with Crippen molar-refractivity contribution in [1.29, 1.82) is 0 Å². The summed E-state index contributed by atoms with van der Waals surface area (Å²) < 4.78 is 1.78. The molecule has 1 N–H and O–H groups in total. The van der Waals surface area contributed by atoms with Gasteiger partial charge < -0.3 is 5.32 Å². The Labute approximate surface area is 101 Å². The average molecular weight is 231 g/mol. The van der Waals surface area contributed by atoms with Crippen molar-refractivity contribution < 1.29 is 0 Å². The van der Waals surface area contributed by atoms with Crippen LogP contribution in [0, 0.1) is 6.92 Å². The molecule has 2 aromatic rings. The summed E-state index contributed by atoms with van der Waals surface area (Å²) in [6.07, 6.45) is 0. The minimum atomic E-state index is 0.135. The Morgan fingerprint density at radius 1 is 1.41 bits per heavy atom. The Balaban J connectivity index is 2.36. The van der Waals surface area contributed by atoms with Crippen LogP contribution in [0.3, 0.4) is 0 Å². The molecule has 90 valence electrons. The molecule has 1 aromatic carbocycles. The molecular weight excluding hydrogens is 214 g/mol. The minimum absolute atomic E-state index is 0.135. The standard InChI is InChI=1S/C12H17N5/c1-4-13-10(3)12-14-15-16-17(12)11-7-5-6-9(2)8-11/h5-8,10,13H,4H2,1-3H3. The van der Waals surface area contributed by atoms with Gasteiger partial charge in [0.25, 0.3) is 0 Å². The maximum Gasteiger partial charge on any atom is 0.173 e. The Morgan fingerprint density at radius 2 is 2.24 bits per heavy atom. The van der Waals surface area contributed by atoms with Crippen molar-refractivity contribution in [3.8, 4) is 5.69 Å². The summed E-state index contributed by atoms with van der Waals surface area (Å²) in [5.74, 6) is 0.831. The molecule has 17 heavy (non-hydrogen) atoms. The van der Waals surface area contributed by atoms with E-state index in [1.165, 1.54) is 5.56 Å². The first-order valence-corrected chi connectivity index (χ1v) is 5.81. The molecule has 0 amide bonds. The molecule has 1 unspecified atom stereocenters. The van der Waals surface area contributed by atoms with E-state index in [0.717, 1.165) is 18.1 Å². The van der Waals surface area contributed by atoms with Gasteiger partial charge in [0.15, 0.2) is 5.82 Å². The topological polar surface area (TPSA) is 55.6 Å². The molecule has 0 saturated carbocycles. The Hall–Kier alpha value is -1.75. The van der Waals surface area contributed by atoms with E-state index in [2.05, 4.69) is 53.7 Å². The number of rotatable bonds is 4. The van der Waals surface area contributed by atoms with Gasteiger partial charge in [-0.3, -0.25) is 0 Å². The Kier molecular flexibility index (Phi) is 3.49. The highest BCUT2D eigenvalue weighted by molar-refractivity contribution is 5.35. The normalized spacial score (nSPS) is 12.6. The molecule has 0 radical (unpaired) electrons. The summed E-state index contributed by atoms with van der Waals surface area (Å²) in [6.45, 7) is 7.07. The maximum atomic E-state index is 4.08. The van der Waals surface area contributed by atoms with Crippen molar-refractivity contribution in [2.24, 2.45) is 0 Å². The molecule has 1 atom stereocenters. The zero-order chi connectivity index (χ0) is 12.3. The molecule has 2 rings (SSSR count). The molecule has 0 aliphatic carbocycles. The predicted octanol–water partition coefficient (Wildman–Crippen LogP) is 1.64. The molecule has 0 fully saturated rings. The summed E-state index contributed by atoms with van der Waals surface area (Å²) >= 11 is 0. The van der Waals surface area contributed by atoms with Crippen LogP contribution in [0.4, 0.5) is 0 Å². The summed E-state index contributed by atoms with van der Waals surface area (Å²) in [5.41, 5.74) is 2.19. The van der Waals surface area contributed by atoms with Gasteiger partial charge in [-0.1, -0.05) is 19.1 Å². The van der Waals surface area contributed by atoms with Crippen LogP contribution in [0.1, 0.15) is 31.3 Å². The molecule has 1 heterocycles. The third kappa shape index (κ3) is 2.50. The second-order valence-corrected chi connectivity index (χ2v) is 4.07. The number of aryl methyl sites for hydroxylation is 1. The molecule has 0 bridgehead atoms. The molecule has 0 aliphatic heterocycles. The third-order valence-electron chi connectivity index (χ3n) is 2.64. The fourth-order valence-corrected chi connectivity index (χ4v) is 1.81. The highest BCUT2D eigenvalue weighted by Gasteiger charge is 2.14. The number of hydrogen-bond donors (Lipinski definition) is 1. The van der Waals surface area contributed by atoms with Gasteiger partial charge in [-0.05, 0) is 48.5 Å². The van der Waals surface area contributed by atoms with Crippen LogP contribution >= 0.6 is 0 Å². The predicted molar refractivity (Wildman–Crippen MR) is 66.0 cm³/mol. The number of hydrogen-bond acceptors (Lipinski definition) is 4. The summed E-state index contributed by atoms with van der Waals surface area (Å²) in [5, 5.41) is 15.2. The lowest BCUT2D eigenvalue weighted by molar-refractivity contribution is 0.550. The van der Waals surface area contributed by atoms with Crippen LogP contribution in [0.2, 0.25) is 0 Å². The van der Waals surface area contributed by atoms with Gasteiger partial charge in [0.05, 0.1) is 11.7 Å². The number of nitrogens with one attached hydrogen (secondary N) is 1. The van der Waals surface area contributed by atoms with Gasteiger partial charge in [0, 0.05) is 0 Å². The number of benzene rings is 1. The lowest BCUT2D eigenvalue weighted by Gasteiger charge is -2.12. The molecule has 0 aliphatic rings. The van der Waals surface area contributed by atoms with Gasteiger partial charge in [-0.15, -0.1) is 5.10 Å². The molecule has 5 nitrogen and oxygen atoms in total. The quantitative estimate of drug-likeness (QED) is 0.869. The Morgan fingerprint density at radius 3 is 2.94 bits per heavy atom. The molecule has 5 heteroatoms. The van der Waals surface area contributed by atoms with Crippen LogP contribution in [-0.4, -0.2) is 26.8 Å². The van der Waals surface area contributed by atoms with Crippen LogP contribution < -0.4 is 5.32 Å². The molecule has 1 aromatic heterocycles. The minimum Gasteiger partial charge on any atom is -0.308 e. The van der Waals surface area contributed by atoms with Crippen LogP contribution in [0.25, 0.3) is 5.69 Å². The van der Waals surface area contributed by atoms with Crippen molar-refractivity contribution in [3.63, 3.8) is 0 Å². The van der Waals surface area contributed by atoms with E-state index < -0.39 is 0 Å². The second-order valence-electron chi connectivity index (χ2n) is 4.07. The van der Waals surface area contributed by atoms with E-state index in [9.17, 15) is 0 Å². The number of nitrogens with zero attached hydrogens (tertiary/aromatic N) is 4. The summed E-state index contributed by atoms with van der Waals surface area (Å²) in [4.78, 5) is 0. The van der Waals surface area contributed by atoms with E-state index in [1.54, 1.807) is 4.68 Å². The van der Waals surface area contributed by atoms with Crippen LogP contribution in [-0.2, 0) is 0 Å². The average Bonchev–Trinajstić information content (AvgIpc) is 2.78.